The molecule has 0 aliphatic carbocycles. The zero-order chi connectivity index (χ0) is 20.8. The first-order valence-electron chi connectivity index (χ1n) is 8.68. The van der Waals surface area contributed by atoms with Crippen LogP contribution < -0.4 is 10.6 Å². The average Bonchev–Trinajstić information content (AvgIpc) is 2.72. The maximum Gasteiger partial charge on any atom is 0.269 e. The molecule has 0 fully saturated rings. The lowest BCUT2D eigenvalue weighted by Gasteiger charge is -2.09. The lowest BCUT2D eigenvalue weighted by atomic mass is 10.1. The second-order valence-corrected chi connectivity index (χ2v) is 6.11. The Kier molecular flexibility index (Phi) is 6.23. The average molecular weight is 399 g/mol. The molecule has 148 valence electrons. The first-order chi connectivity index (χ1) is 13.9. The highest BCUT2D eigenvalue weighted by molar-refractivity contribution is 6.05. The number of carbonyl (C=O) groups excluding carboxylic acids is 2. The number of hydrogen-bond donors (Lipinski definition) is 2. The minimum atomic E-state index is -0.911. The van der Waals surface area contributed by atoms with Gasteiger partial charge in [-0.3, -0.25) is 14.6 Å². The van der Waals surface area contributed by atoms with Gasteiger partial charge in [0, 0.05) is 18.3 Å². The van der Waals surface area contributed by atoms with Crippen LogP contribution in [0.15, 0.2) is 60.8 Å². The van der Waals surface area contributed by atoms with Crippen LogP contribution in [0, 0.1) is 17.5 Å². The van der Waals surface area contributed by atoms with E-state index in [9.17, 15) is 22.8 Å². The van der Waals surface area contributed by atoms with Crippen LogP contribution in [0.2, 0.25) is 0 Å². The summed E-state index contributed by atoms with van der Waals surface area (Å²) >= 11 is 0. The van der Waals surface area contributed by atoms with E-state index in [4.69, 9.17) is 0 Å². The monoisotopic (exact) mass is 399 g/mol. The van der Waals surface area contributed by atoms with Gasteiger partial charge in [-0.2, -0.15) is 0 Å². The Morgan fingerprint density at radius 1 is 0.897 bits per heavy atom. The predicted molar refractivity (Wildman–Crippen MR) is 101 cm³/mol. The second-order valence-electron chi connectivity index (χ2n) is 6.11. The van der Waals surface area contributed by atoms with E-state index in [1.807, 2.05) is 0 Å². The number of aromatic nitrogens is 1. The van der Waals surface area contributed by atoms with E-state index in [0.717, 1.165) is 17.7 Å². The quantitative estimate of drug-likeness (QED) is 0.664. The molecule has 2 amide bonds. The van der Waals surface area contributed by atoms with E-state index in [0.29, 0.717) is 6.42 Å². The summed E-state index contributed by atoms with van der Waals surface area (Å²) in [6.45, 7) is 0.281. The first kappa shape index (κ1) is 20.1. The maximum atomic E-state index is 13.7. The highest BCUT2D eigenvalue weighted by Crippen LogP contribution is 2.19. The van der Waals surface area contributed by atoms with E-state index < -0.39 is 29.1 Å². The first-order valence-corrected chi connectivity index (χ1v) is 8.68. The van der Waals surface area contributed by atoms with Crippen molar-refractivity contribution in [3.8, 4) is 0 Å². The van der Waals surface area contributed by atoms with Gasteiger partial charge < -0.3 is 10.6 Å². The summed E-state index contributed by atoms with van der Waals surface area (Å²) < 4.78 is 40.3. The number of amides is 2. The molecule has 0 spiro atoms. The van der Waals surface area contributed by atoms with Gasteiger partial charge >= 0.3 is 0 Å². The Hall–Kier alpha value is -3.68. The van der Waals surface area contributed by atoms with Crippen LogP contribution in [0.3, 0.4) is 0 Å². The molecule has 2 aromatic carbocycles. The van der Waals surface area contributed by atoms with Crippen LogP contribution in [0.1, 0.15) is 26.4 Å². The van der Waals surface area contributed by atoms with Crippen LogP contribution in [0.5, 0.6) is 0 Å². The van der Waals surface area contributed by atoms with Crippen LogP contribution in [-0.4, -0.2) is 23.3 Å². The van der Waals surface area contributed by atoms with E-state index >= 15 is 0 Å². The molecule has 0 aliphatic rings. The summed E-state index contributed by atoms with van der Waals surface area (Å²) in [5.74, 6) is -3.46. The molecule has 3 rings (SSSR count). The van der Waals surface area contributed by atoms with Gasteiger partial charge in [0.15, 0.2) is 0 Å². The Labute approximate surface area is 164 Å². The lowest BCUT2D eigenvalue weighted by Crippen LogP contribution is -2.27. The third-order valence-corrected chi connectivity index (χ3v) is 4.07. The molecule has 1 aromatic heterocycles. The van der Waals surface area contributed by atoms with Crippen molar-refractivity contribution >= 4 is 17.5 Å². The van der Waals surface area contributed by atoms with Gasteiger partial charge in [-0.1, -0.05) is 18.2 Å². The number of anilines is 1. The Morgan fingerprint density at radius 3 is 2.28 bits per heavy atom. The molecule has 0 saturated carbocycles. The number of benzene rings is 2. The molecule has 0 aliphatic heterocycles. The van der Waals surface area contributed by atoms with Crippen molar-refractivity contribution in [1.29, 1.82) is 0 Å². The fourth-order valence-electron chi connectivity index (χ4n) is 2.56. The summed E-state index contributed by atoms with van der Waals surface area (Å²) in [6, 6.07) is 11.7. The molecule has 0 saturated heterocycles. The summed E-state index contributed by atoms with van der Waals surface area (Å²) in [4.78, 5) is 28.4. The van der Waals surface area contributed by atoms with Gasteiger partial charge in [-0.25, -0.2) is 13.2 Å². The standard InChI is InChI=1S/C21H16F3N3O2/c22-15-6-4-13(5-7-15)8-10-26-21(29)18-12-14(9-11-25-18)20(28)27-19-16(23)2-1-3-17(19)24/h1-7,9,11-12H,8,10H2,(H,26,29)(H,27,28). The third kappa shape index (κ3) is 5.19. The van der Waals surface area contributed by atoms with Gasteiger partial charge in [0.25, 0.3) is 11.8 Å². The van der Waals surface area contributed by atoms with Crippen LogP contribution in [0.4, 0.5) is 18.9 Å². The zero-order valence-electron chi connectivity index (χ0n) is 15.1. The number of halogens is 3. The fourth-order valence-corrected chi connectivity index (χ4v) is 2.56. The topological polar surface area (TPSA) is 71.1 Å². The molecule has 29 heavy (non-hydrogen) atoms. The molecule has 0 atom stereocenters. The Balaban J connectivity index is 1.63. The molecular formula is C21H16F3N3O2. The number of para-hydroxylation sites is 1. The van der Waals surface area contributed by atoms with Crippen LogP contribution in [-0.2, 0) is 6.42 Å². The van der Waals surface area contributed by atoms with Gasteiger partial charge in [0.1, 0.15) is 28.8 Å². The van der Waals surface area contributed by atoms with Gasteiger partial charge in [-0.05, 0) is 48.4 Å². The van der Waals surface area contributed by atoms with Gasteiger partial charge in [0.2, 0.25) is 0 Å². The normalized spacial score (nSPS) is 10.4. The van der Waals surface area contributed by atoms with E-state index in [1.54, 1.807) is 12.1 Å². The minimum absolute atomic E-state index is 0.0198. The number of hydrogen-bond acceptors (Lipinski definition) is 3. The highest BCUT2D eigenvalue weighted by atomic mass is 19.1. The van der Waals surface area contributed by atoms with Crippen molar-refractivity contribution in [2.45, 2.75) is 6.42 Å². The van der Waals surface area contributed by atoms with Crippen molar-refractivity contribution in [2.75, 3.05) is 11.9 Å². The van der Waals surface area contributed by atoms with Gasteiger partial charge in [0.05, 0.1) is 0 Å². The van der Waals surface area contributed by atoms with E-state index in [1.165, 1.54) is 36.5 Å². The largest absolute Gasteiger partial charge is 0.350 e. The molecular weight excluding hydrogens is 383 g/mol. The minimum Gasteiger partial charge on any atom is -0.350 e. The van der Waals surface area contributed by atoms with Gasteiger partial charge in [-0.15, -0.1) is 0 Å². The summed E-state index contributed by atoms with van der Waals surface area (Å²) in [5, 5.41) is 4.80. The molecule has 3 aromatic rings. The second kappa shape index (κ2) is 9.01. The number of pyridine rings is 1. The lowest BCUT2D eigenvalue weighted by molar-refractivity contribution is 0.0949. The number of nitrogens with zero attached hydrogens (tertiary/aromatic N) is 1. The summed E-state index contributed by atoms with van der Waals surface area (Å²) in [5.41, 5.74) is 0.274. The highest BCUT2D eigenvalue weighted by Gasteiger charge is 2.15. The molecule has 0 bridgehead atoms. The smallest absolute Gasteiger partial charge is 0.269 e. The summed E-state index contributed by atoms with van der Waals surface area (Å²) in [6.07, 6.45) is 1.74. The number of rotatable bonds is 6. The molecule has 0 radical (unpaired) electrons. The van der Waals surface area contributed by atoms with Crippen LogP contribution >= 0.6 is 0 Å². The number of carbonyl (C=O) groups is 2. The predicted octanol–water partition coefficient (Wildman–Crippen LogP) is 3.72. The van der Waals surface area contributed by atoms with Crippen molar-refractivity contribution in [3.05, 3.63) is 95.1 Å². The third-order valence-electron chi connectivity index (χ3n) is 4.07. The van der Waals surface area contributed by atoms with Crippen molar-refractivity contribution < 1.29 is 22.8 Å². The SMILES string of the molecule is O=C(Nc1c(F)cccc1F)c1ccnc(C(=O)NCCc2ccc(F)cc2)c1. The fraction of sp³-hybridized carbons (Fsp3) is 0.0952. The van der Waals surface area contributed by atoms with Crippen molar-refractivity contribution in [2.24, 2.45) is 0 Å². The molecule has 2 N–H and O–H groups in total. The molecule has 1 heterocycles. The maximum absolute atomic E-state index is 13.7. The molecule has 5 nitrogen and oxygen atoms in total. The molecule has 8 heteroatoms. The van der Waals surface area contributed by atoms with Crippen molar-refractivity contribution in [1.82, 2.24) is 10.3 Å². The zero-order valence-corrected chi connectivity index (χ0v) is 15.1. The van der Waals surface area contributed by atoms with E-state index in [-0.39, 0.29) is 23.6 Å². The Bertz CT molecular complexity index is 1020. The summed E-state index contributed by atoms with van der Waals surface area (Å²) in [7, 11) is 0. The number of nitrogens with one attached hydrogen (secondary N) is 2. The van der Waals surface area contributed by atoms with E-state index in [2.05, 4.69) is 15.6 Å². The van der Waals surface area contributed by atoms with Crippen LogP contribution in [0.25, 0.3) is 0 Å². The molecule has 0 unspecified atom stereocenters. The van der Waals surface area contributed by atoms with Crippen molar-refractivity contribution in [3.63, 3.8) is 0 Å². The Morgan fingerprint density at radius 2 is 1.59 bits per heavy atom.